The molecule has 1 aromatic heterocycles. The van der Waals surface area contributed by atoms with E-state index in [-0.39, 0.29) is 5.56 Å². The van der Waals surface area contributed by atoms with E-state index in [9.17, 15) is 4.79 Å². The van der Waals surface area contributed by atoms with Crippen LogP contribution in [-0.2, 0) is 6.54 Å². The van der Waals surface area contributed by atoms with Gasteiger partial charge in [0, 0.05) is 23.5 Å². The summed E-state index contributed by atoms with van der Waals surface area (Å²) in [6.45, 7) is 2.40. The van der Waals surface area contributed by atoms with Crippen LogP contribution >= 0.6 is 23.8 Å². The molecule has 0 spiro atoms. The van der Waals surface area contributed by atoms with E-state index in [1.165, 1.54) is 10.9 Å². The third kappa shape index (κ3) is 4.28. The molecule has 3 rings (SSSR count). The van der Waals surface area contributed by atoms with Gasteiger partial charge in [0.25, 0.3) is 5.56 Å². The molecule has 1 heterocycles. The highest BCUT2D eigenvalue weighted by Gasteiger charge is 2.10. The molecule has 132 valence electrons. The quantitative estimate of drug-likeness (QED) is 0.533. The molecule has 7 heteroatoms. The number of nitrogens with zero attached hydrogens (tertiary/aromatic N) is 2. The molecule has 0 aliphatic rings. The summed E-state index contributed by atoms with van der Waals surface area (Å²) in [7, 11) is 0. The number of hydrogen-bond acceptors (Lipinski definition) is 2. The van der Waals surface area contributed by atoms with Gasteiger partial charge < -0.3 is 5.32 Å². The van der Waals surface area contributed by atoms with Crippen molar-refractivity contribution in [3.63, 3.8) is 0 Å². The Bertz CT molecular complexity index is 991. The minimum atomic E-state index is -0.195. The fraction of sp³-hybridized carbons (Fsp3) is 0.105. The van der Waals surface area contributed by atoms with Gasteiger partial charge in [-0.3, -0.25) is 9.89 Å². The third-order valence-electron chi connectivity index (χ3n) is 3.80. The van der Waals surface area contributed by atoms with Gasteiger partial charge in [-0.2, -0.15) is 0 Å². The molecule has 0 radical (unpaired) electrons. The van der Waals surface area contributed by atoms with Gasteiger partial charge in [-0.15, -0.1) is 0 Å². The Morgan fingerprint density at radius 3 is 2.62 bits per heavy atom. The van der Waals surface area contributed by atoms with Gasteiger partial charge in [-0.05, 0) is 49.0 Å². The van der Waals surface area contributed by atoms with Crippen LogP contribution in [0.5, 0.6) is 0 Å². The van der Waals surface area contributed by atoms with Gasteiger partial charge in [-0.1, -0.05) is 41.9 Å². The van der Waals surface area contributed by atoms with E-state index in [0.717, 1.165) is 5.56 Å². The summed E-state index contributed by atoms with van der Waals surface area (Å²) in [5, 5.41) is 7.03. The van der Waals surface area contributed by atoms with Gasteiger partial charge in [0.2, 0.25) is 0 Å². The predicted molar refractivity (Wildman–Crippen MR) is 110 cm³/mol. The first kappa shape index (κ1) is 18.1. The summed E-state index contributed by atoms with van der Waals surface area (Å²) in [6.07, 6.45) is 1.49. The van der Waals surface area contributed by atoms with Crippen molar-refractivity contribution in [3.05, 3.63) is 86.8 Å². The zero-order valence-corrected chi connectivity index (χ0v) is 15.6. The van der Waals surface area contributed by atoms with E-state index in [0.29, 0.717) is 33.6 Å². The van der Waals surface area contributed by atoms with E-state index < -0.39 is 0 Å². The molecular weight excluding hydrogens is 368 g/mol. The van der Waals surface area contributed by atoms with Crippen LogP contribution in [0.3, 0.4) is 0 Å². The number of thiocarbonyl (C=S) groups is 1. The molecule has 0 saturated carbocycles. The number of aromatic nitrogens is 2. The Balaban J connectivity index is 1.73. The summed E-state index contributed by atoms with van der Waals surface area (Å²) in [5.41, 5.74) is 2.78. The summed E-state index contributed by atoms with van der Waals surface area (Å²) in [5.74, 6) is 0. The van der Waals surface area contributed by atoms with Crippen molar-refractivity contribution in [1.82, 2.24) is 15.1 Å². The molecule has 5 nitrogen and oxygen atoms in total. The molecule has 26 heavy (non-hydrogen) atoms. The minimum absolute atomic E-state index is 0.195. The third-order valence-corrected chi connectivity index (χ3v) is 4.30. The highest BCUT2D eigenvalue weighted by atomic mass is 35.5. The van der Waals surface area contributed by atoms with Crippen LogP contribution in [0.15, 0.2) is 64.4 Å². The largest absolute Gasteiger partial charge is 0.357 e. The SMILES string of the molecule is Cc1[nH]n(-c2ccc(Cl)cc2)c(=O)c1C=NC(=S)NCc1ccccc1. The lowest BCUT2D eigenvalue weighted by atomic mass is 10.2. The number of hydrogen-bond donors (Lipinski definition) is 2. The number of aryl methyl sites for hydroxylation is 1. The maximum absolute atomic E-state index is 12.6. The topological polar surface area (TPSA) is 62.2 Å². The first-order valence-electron chi connectivity index (χ1n) is 7.98. The standard InChI is InChI=1S/C19H17ClN4OS/c1-13-17(12-22-19(26)21-11-14-5-3-2-4-6-14)18(25)24(23-13)16-9-7-15(20)8-10-16/h2-10,12,23H,11H2,1H3,(H,21,26). The molecule has 3 aromatic rings. The van der Waals surface area contributed by atoms with E-state index in [1.54, 1.807) is 24.3 Å². The average Bonchev–Trinajstić information content (AvgIpc) is 2.94. The van der Waals surface area contributed by atoms with Crippen molar-refractivity contribution in [2.45, 2.75) is 13.5 Å². The van der Waals surface area contributed by atoms with Crippen molar-refractivity contribution >= 4 is 35.1 Å². The zero-order chi connectivity index (χ0) is 18.5. The average molecular weight is 385 g/mol. The molecule has 2 N–H and O–H groups in total. The molecule has 2 aromatic carbocycles. The molecular formula is C19H17ClN4OS. The van der Waals surface area contributed by atoms with Crippen LogP contribution in [0.4, 0.5) is 0 Å². The summed E-state index contributed by atoms with van der Waals surface area (Å²) >= 11 is 11.1. The lowest BCUT2D eigenvalue weighted by Gasteiger charge is -2.03. The first-order chi connectivity index (χ1) is 12.5. The number of aromatic amines is 1. The van der Waals surface area contributed by atoms with Crippen molar-refractivity contribution in [3.8, 4) is 5.69 Å². The van der Waals surface area contributed by atoms with E-state index >= 15 is 0 Å². The van der Waals surface area contributed by atoms with Gasteiger partial charge >= 0.3 is 0 Å². The number of halogens is 1. The predicted octanol–water partition coefficient (Wildman–Crippen LogP) is 3.62. The highest BCUT2D eigenvalue weighted by Crippen LogP contribution is 2.12. The second-order valence-corrected chi connectivity index (χ2v) is 6.49. The fourth-order valence-corrected chi connectivity index (χ4v) is 2.68. The van der Waals surface area contributed by atoms with Crippen LogP contribution in [0.2, 0.25) is 5.02 Å². The fourth-order valence-electron chi connectivity index (χ4n) is 2.43. The Labute approximate surface area is 161 Å². The van der Waals surface area contributed by atoms with Crippen LogP contribution in [0.25, 0.3) is 5.69 Å². The lowest BCUT2D eigenvalue weighted by molar-refractivity contribution is 0.835. The molecule has 0 aliphatic heterocycles. The van der Waals surface area contributed by atoms with Crippen LogP contribution < -0.4 is 10.9 Å². The molecule has 0 aliphatic carbocycles. The Morgan fingerprint density at radius 2 is 1.92 bits per heavy atom. The summed E-state index contributed by atoms with van der Waals surface area (Å²) in [4.78, 5) is 16.8. The molecule has 0 unspecified atom stereocenters. The number of benzene rings is 2. The van der Waals surface area contributed by atoms with Crippen LogP contribution in [0.1, 0.15) is 16.8 Å². The normalized spacial score (nSPS) is 11.0. The summed E-state index contributed by atoms with van der Waals surface area (Å²) in [6, 6.07) is 16.9. The van der Waals surface area contributed by atoms with Gasteiger partial charge in [-0.25, -0.2) is 9.67 Å². The number of nitrogens with one attached hydrogen (secondary N) is 2. The first-order valence-corrected chi connectivity index (χ1v) is 8.76. The smallest absolute Gasteiger partial charge is 0.280 e. The maximum atomic E-state index is 12.6. The summed E-state index contributed by atoms with van der Waals surface area (Å²) < 4.78 is 1.45. The van der Waals surface area contributed by atoms with Gasteiger partial charge in [0.1, 0.15) is 0 Å². The second-order valence-electron chi connectivity index (χ2n) is 5.67. The highest BCUT2D eigenvalue weighted by molar-refractivity contribution is 7.80. The lowest BCUT2D eigenvalue weighted by Crippen LogP contribution is -2.20. The number of H-pyrrole nitrogens is 1. The Kier molecular flexibility index (Phi) is 5.65. The van der Waals surface area contributed by atoms with Crippen molar-refractivity contribution < 1.29 is 0 Å². The van der Waals surface area contributed by atoms with E-state index in [2.05, 4.69) is 15.4 Å². The minimum Gasteiger partial charge on any atom is -0.357 e. The van der Waals surface area contributed by atoms with Crippen LogP contribution in [0, 0.1) is 6.92 Å². The zero-order valence-electron chi connectivity index (χ0n) is 14.1. The number of rotatable bonds is 4. The number of aliphatic imine (C=N–C) groups is 1. The van der Waals surface area contributed by atoms with E-state index in [1.807, 2.05) is 37.3 Å². The van der Waals surface area contributed by atoms with Crippen molar-refractivity contribution in [1.29, 1.82) is 0 Å². The molecule has 0 fully saturated rings. The molecule has 0 bridgehead atoms. The second kappa shape index (κ2) is 8.12. The van der Waals surface area contributed by atoms with Gasteiger partial charge in [0.05, 0.1) is 11.3 Å². The van der Waals surface area contributed by atoms with Crippen molar-refractivity contribution in [2.75, 3.05) is 0 Å². The monoisotopic (exact) mass is 384 g/mol. The molecule has 0 saturated heterocycles. The Hall–Kier alpha value is -2.70. The maximum Gasteiger partial charge on any atom is 0.280 e. The van der Waals surface area contributed by atoms with Gasteiger partial charge in [0.15, 0.2) is 5.11 Å². The van der Waals surface area contributed by atoms with Crippen molar-refractivity contribution in [2.24, 2.45) is 4.99 Å². The van der Waals surface area contributed by atoms with E-state index in [4.69, 9.17) is 23.8 Å². The Morgan fingerprint density at radius 1 is 1.23 bits per heavy atom. The molecule has 0 amide bonds. The van der Waals surface area contributed by atoms with Crippen LogP contribution in [-0.4, -0.2) is 21.1 Å². The molecule has 0 atom stereocenters.